The maximum Gasteiger partial charge on any atom is 0.0726 e. The number of nitrogens with zero attached hydrogens (tertiary/aromatic N) is 1. The molecule has 2 aromatic rings. The largest absolute Gasteiger partial charge is 0.398 e. The quantitative estimate of drug-likeness (QED) is 0.679. The van der Waals surface area contributed by atoms with Crippen molar-refractivity contribution >= 4 is 22.7 Å². The zero-order chi connectivity index (χ0) is 9.54. The molecule has 3 rings (SSSR count). The highest BCUT2D eigenvalue weighted by atomic mass is 14.7. The molecule has 1 aromatic heterocycles. The Kier molecular flexibility index (Phi) is 1.39. The average molecular weight is 182 g/mol. The molecule has 0 spiro atoms. The van der Waals surface area contributed by atoms with Gasteiger partial charge in [0, 0.05) is 17.4 Å². The fraction of sp³-hybridized carbons (Fsp3) is 0.0833. The summed E-state index contributed by atoms with van der Waals surface area (Å²) in [6.07, 6.45) is 5.07. The molecule has 0 radical (unpaired) electrons. The van der Waals surface area contributed by atoms with E-state index < -0.39 is 0 Å². The van der Waals surface area contributed by atoms with Crippen LogP contribution in [0.5, 0.6) is 0 Å². The van der Waals surface area contributed by atoms with Gasteiger partial charge in [0.05, 0.1) is 16.9 Å². The standard InChI is InChI=1S/C12H10N2/c13-12-8-4-1-2-6-10(8)14-11-7-3-5-9(11)12/h1-6H,7H2,(H2,13,14). The number of rotatable bonds is 0. The molecular weight excluding hydrogens is 172 g/mol. The minimum atomic E-state index is 0.861. The van der Waals surface area contributed by atoms with Gasteiger partial charge in [0.15, 0.2) is 0 Å². The van der Waals surface area contributed by atoms with Crippen molar-refractivity contribution in [2.75, 3.05) is 5.73 Å². The van der Waals surface area contributed by atoms with E-state index in [2.05, 4.69) is 17.1 Å². The lowest BCUT2D eigenvalue weighted by atomic mass is 10.1. The number of nitrogen functional groups attached to an aromatic ring is 1. The summed E-state index contributed by atoms with van der Waals surface area (Å²) >= 11 is 0. The molecule has 2 nitrogen and oxygen atoms in total. The van der Waals surface area contributed by atoms with E-state index in [1.807, 2.05) is 24.3 Å². The first kappa shape index (κ1) is 7.56. The molecule has 0 saturated heterocycles. The minimum absolute atomic E-state index is 0.861. The number of para-hydroxylation sites is 1. The third-order valence-electron chi connectivity index (χ3n) is 2.65. The SMILES string of the molecule is Nc1c2c(nc3ccccc13)CC=C2. The van der Waals surface area contributed by atoms with Gasteiger partial charge in [-0.25, -0.2) is 0 Å². The number of hydrogen-bond acceptors (Lipinski definition) is 2. The van der Waals surface area contributed by atoms with Gasteiger partial charge in [-0.15, -0.1) is 0 Å². The summed E-state index contributed by atoms with van der Waals surface area (Å²) in [6.45, 7) is 0. The minimum Gasteiger partial charge on any atom is -0.398 e. The molecule has 0 aliphatic heterocycles. The van der Waals surface area contributed by atoms with E-state index >= 15 is 0 Å². The van der Waals surface area contributed by atoms with Crippen molar-refractivity contribution in [2.24, 2.45) is 0 Å². The van der Waals surface area contributed by atoms with Crippen molar-refractivity contribution in [3.05, 3.63) is 41.6 Å². The van der Waals surface area contributed by atoms with Gasteiger partial charge in [0.25, 0.3) is 0 Å². The smallest absolute Gasteiger partial charge is 0.0726 e. The molecule has 0 saturated carbocycles. The molecule has 0 amide bonds. The van der Waals surface area contributed by atoms with E-state index in [-0.39, 0.29) is 0 Å². The van der Waals surface area contributed by atoms with E-state index in [1.54, 1.807) is 0 Å². The lowest BCUT2D eigenvalue weighted by Gasteiger charge is -2.06. The maximum atomic E-state index is 6.08. The van der Waals surface area contributed by atoms with E-state index in [9.17, 15) is 0 Å². The number of pyridine rings is 1. The van der Waals surface area contributed by atoms with Crippen LogP contribution in [0.2, 0.25) is 0 Å². The first-order valence-electron chi connectivity index (χ1n) is 4.70. The highest BCUT2D eigenvalue weighted by Gasteiger charge is 2.12. The van der Waals surface area contributed by atoms with Crippen molar-refractivity contribution in [1.29, 1.82) is 0 Å². The Bertz CT molecular complexity index is 541. The summed E-state index contributed by atoms with van der Waals surface area (Å²) < 4.78 is 0. The lowest BCUT2D eigenvalue weighted by molar-refractivity contribution is 1.17. The Morgan fingerprint density at radius 2 is 2.07 bits per heavy atom. The molecule has 2 N–H and O–H groups in total. The van der Waals surface area contributed by atoms with Crippen LogP contribution < -0.4 is 5.73 Å². The Morgan fingerprint density at radius 3 is 3.00 bits per heavy atom. The molecule has 0 bridgehead atoms. The van der Waals surface area contributed by atoms with Crippen LogP contribution in [0, 0.1) is 0 Å². The van der Waals surface area contributed by atoms with Gasteiger partial charge in [0.1, 0.15) is 0 Å². The van der Waals surface area contributed by atoms with Crippen molar-refractivity contribution in [2.45, 2.75) is 6.42 Å². The number of aromatic nitrogens is 1. The van der Waals surface area contributed by atoms with Gasteiger partial charge in [-0.05, 0) is 6.07 Å². The number of nitrogens with two attached hydrogens (primary N) is 1. The lowest BCUT2D eigenvalue weighted by Crippen LogP contribution is -1.97. The Labute approximate surface area is 82.1 Å². The van der Waals surface area contributed by atoms with Crippen molar-refractivity contribution in [3.8, 4) is 0 Å². The van der Waals surface area contributed by atoms with Crippen LogP contribution in [0.1, 0.15) is 11.3 Å². The van der Waals surface area contributed by atoms with Crippen LogP contribution in [0.15, 0.2) is 30.3 Å². The zero-order valence-electron chi connectivity index (χ0n) is 7.70. The van der Waals surface area contributed by atoms with Crippen molar-refractivity contribution in [1.82, 2.24) is 4.98 Å². The molecule has 68 valence electrons. The van der Waals surface area contributed by atoms with E-state index in [1.165, 1.54) is 0 Å². The number of benzene rings is 1. The second kappa shape index (κ2) is 2.58. The second-order valence-electron chi connectivity index (χ2n) is 3.51. The first-order valence-corrected chi connectivity index (χ1v) is 4.70. The van der Waals surface area contributed by atoms with Gasteiger partial charge >= 0.3 is 0 Å². The number of anilines is 1. The molecule has 2 heteroatoms. The molecular formula is C12H10N2. The Morgan fingerprint density at radius 1 is 1.21 bits per heavy atom. The first-order chi connectivity index (χ1) is 6.86. The van der Waals surface area contributed by atoms with Crippen LogP contribution in [0.4, 0.5) is 5.69 Å². The predicted molar refractivity (Wildman–Crippen MR) is 58.9 cm³/mol. The molecule has 1 aliphatic rings. The average Bonchev–Trinajstić information content (AvgIpc) is 2.66. The monoisotopic (exact) mass is 182 g/mol. The fourth-order valence-electron chi connectivity index (χ4n) is 1.94. The Balaban J connectivity index is 2.48. The van der Waals surface area contributed by atoms with Gasteiger partial charge < -0.3 is 5.73 Å². The number of fused-ring (bicyclic) bond motifs is 2. The summed E-state index contributed by atoms with van der Waals surface area (Å²) in [5, 5.41) is 1.05. The molecule has 14 heavy (non-hydrogen) atoms. The van der Waals surface area contributed by atoms with Crippen LogP contribution in [-0.2, 0) is 6.42 Å². The molecule has 1 aliphatic carbocycles. The van der Waals surface area contributed by atoms with Gasteiger partial charge in [-0.2, -0.15) is 0 Å². The predicted octanol–water partition coefficient (Wildman–Crippen LogP) is 2.39. The maximum absolute atomic E-state index is 6.08. The topological polar surface area (TPSA) is 38.9 Å². The Hall–Kier alpha value is -1.83. The number of hydrogen-bond donors (Lipinski definition) is 1. The third-order valence-corrected chi connectivity index (χ3v) is 2.65. The molecule has 1 heterocycles. The van der Waals surface area contributed by atoms with E-state index in [4.69, 9.17) is 5.73 Å². The van der Waals surface area contributed by atoms with Crippen LogP contribution in [-0.4, -0.2) is 4.98 Å². The van der Waals surface area contributed by atoms with Gasteiger partial charge in [-0.1, -0.05) is 30.4 Å². The normalized spacial score (nSPS) is 13.4. The van der Waals surface area contributed by atoms with Crippen LogP contribution in [0.3, 0.4) is 0 Å². The van der Waals surface area contributed by atoms with E-state index in [0.717, 1.165) is 34.3 Å². The molecule has 0 fully saturated rings. The summed E-state index contributed by atoms with van der Waals surface area (Å²) in [7, 11) is 0. The van der Waals surface area contributed by atoms with Crippen LogP contribution in [0.25, 0.3) is 17.0 Å². The van der Waals surface area contributed by atoms with Gasteiger partial charge in [0.2, 0.25) is 0 Å². The van der Waals surface area contributed by atoms with E-state index in [0.29, 0.717) is 0 Å². The summed E-state index contributed by atoms with van der Waals surface area (Å²) in [6, 6.07) is 8.00. The zero-order valence-corrected chi connectivity index (χ0v) is 7.70. The molecule has 1 aromatic carbocycles. The fourth-order valence-corrected chi connectivity index (χ4v) is 1.94. The number of allylic oxidation sites excluding steroid dienone is 1. The second-order valence-corrected chi connectivity index (χ2v) is 3.51. The molecule has 0 atom stereocenters. The van der Waals surface area contributed by atoms with Gasteiger partial charge in [-0.3, -0.25) is 4.98 Å². The highest BCUT2D eigenvalue weighted by molar-refractivity contribution is 5.95. The van der Waals surface area contributed by atoms with Crippen molar-refractivity contribution in [3.63, 3.8) is 0 Å². The highest BCUT2D eigenvalue weighted by Crippen LogP contribution is 2.30. The summed E-state index contributed by atoms with van der Waals surface area (Å²) in [5.74, 6) is 0. The summed E-state index contributed by atoms with van der Waals surface area (Å²) in [4.78, 5) is 4.57. The summed E-state index contributed by atoms with van der Waals surface area (Å²) in [5.41, 5.74) is 10.1. The molecule has 0 unspecified atom stereocenters. The van der Waals surface area contributed by atoms with Crippen LogP contribution >= 0.6 is 0 Å². The van der Waals surface area contributed by atoms with Crippen molar-refractivity contribution < 1.29 is 0 Å². The third kappa shape index (κ3) is 0.880.